The van der Waals surface area contributed by atoms with Crippen molar-refractivity contribution >= 4 is 0 Å². The fraction of sp³-hybridized carbons (Fsp3) is 0.600. The Morgan fingerprint density at radius 2 is 2.06 bits per heavy atom. The maximum Gasteiger partial charge on any atom is 0.119 e. The molecule has 2 N–H and O–H groups in total. The second-order valence-electron chi connectivity index (χ2n) is 5.24. The number of methoxy groups -OCH3 is 1. The molecule has 18 heavy (non-hydrogen) atoms. The molecule has 1 aliphatic carbocycles. The van der Waals surface area contributed by atoms with E-state index < -0.39 is 5.60 Å². The molecule has 100 valence electrons. The van der Waals surface area contributed by atoms with E-state index in [4.69, 9.17) is 4.74 Å². The van der Waals surface area contributed by atoms with Crippen molar-refractivity contribution in [3.05, 3.63) is 29.8 Å². The van der Waals surface area contributed by atoms with Crippen LogP contribution in [0.2, 0.25) is 0 Å². The van der Waals surface area contributed by atoms with Gasteiger partial charge in [0, 0.05) is 13.1 Å². The Labute approximate surface area is 109 Å². The van der Waals surface area contributed by atoms with Crippen molar-refractivity contribution in [2.24, 2.45) is 0 Å². The molecule has 0 radical (unpaired) electrons. The lowest BCUT2D eigenvalue weighted by Crippen LogP contribution is -2.41. The van der Waals surface area contributed by atoms with Crippen LogP contribution in [0.25, 0.3) is 0 Å². The summed E-state index contributed by atoms with van der Waals surface area (Å²) in [7, 11) is 1.68. The number of hydrogen-bond acceptors (Lipinski definition) is 3. The van der Waals surface area contributed by atoms with Crippen molar-refractivity contribution in [2.45, 2.75) is 44.2 Å². The summed E-state index contributed by atoms with van der Waals surface area (Å²) in [5.41, 5.74) is 0.700. The molecule has 3 nitrogen and oxygen atoms in total. The number of benzene rings is 1. The van der Waals surface area contributed by atoms with Gasteiger partial charge in [-0.2, -0.15) is 0 Å². The first-order valence-electron chi connectivity index (χ1n) is 6.78. The summed E-state index contributed by atoms with van der Waals surface area (Å²) in [6, 6.07) is 8.03. The van der Waals surface area contributed by atoms with E-state index in [1.165, 1.54) is 12.0 Å². The Kier molecular flexibility index (Phi) is 4.61. The third-order valence-electron chi connectivity index (χ3n) is 3.70. The number of nitrogens with one attached hydrogen (secondary N) is 1. The highest BCUT2D eigenvalue weighted by molar-refractivity contribution is 5.28. The fourth-order valence-electron chi connectivity index (χ4n) is 2.61. The smallest absolute Gasteiger partial charge is 0.119 e. The first-order chi connectivity index (χ1) is 8.72. The molecule has 1 aliphatic rings. The zero-order valence-corrected chi connectivity index (χ0v) is 11.1. The summed E-state index contributed by atoms with van der Waals surface area (Å²) in [6.45, 7) is 1.46. The number of hydrogen-bond donors (Lipinski definition) is 2. The second-order valence-corrected chi connectivity index (χ2v) is 5.24. The van der Waals surface area contributed by atoms with E-state index in [1.807, 2.05) is 18.2 Å². The summed E-state index contributed by atoms with van der Waals surface area (Å²) in [6.07, 6.45) is 5.42. The average molecular weight is 249 g/mol. The van der Waals surface area contributed by atoms with Gasteiger partial charge in [0.1, 0.15) is 5.75 Å². The Morgan fingerprint density at radius 1 is 1.28 bits per heavy atom. The van der Waals surface area contributed by atoms with E-state index in [-0.39, 0.29) is 0 Å². The molecule has 0 atom stereocenters. The molecule has 1 aromatic carbocycles. The topological polar surface area (TPSA) is 41.5 Å². The molecule has 0 heterocycles. The number of ether oxygens (including phenoxy) is 1. The van der Waals surface area contributed by atoms with Gasteiger partial charge in [0.15, 0.2) is 0 Å². The van der Waals surface area contributed by atoms with E-state index >= 15 is 0 Å². The van der Waals surface area contributed by atoms with E-state index in [0.29, 0.717) is 6.54 Å². The van der Waals surface area contributed by atoms with Crippen LogP contribution >= 0.6 is 0 Å². The zero-order valence-electron chi connectivity index (χ0n) is 11.1. The standard InChI is InChI=1S/C15H23NO2/c1-18-14-7-5-6-13(10-14)11-16-12-15(17)8-3-2-4-9-15/h5-7,10,16-17H,2-4,8-9,11-12H2,1H3. The van der Waals surface area contributed by atoms with Gasteiger partial charge in [0.25, 0.3) is 0 Å². The van der Waals surface area contributed by atoms with Crippen molar-refractivity contribution < 1.29 is 9.84 Å². The Balaban J connectivity index is 1.80. The zero-order chi connectivity index (χ0) is 12.8. The summed E-state index contributed by atoms with van der Waals surface area (Å²) in [5, 5.41) is 13.7. The summed E-state index contributed by atoms with van der Waals surface area (Å²) < 4.78 is 5.19. The number of aliphatic hydroxyl groups is 1. The average Bonchev–Trinajstić information content (AvgIpc) is 2.40. The van der Waals surface area contributed by atoms with E-state index in [2.05, 4.69) is 11.4 Å². The highest BCUT2D eigenvalue weighted by atomic mass is 16.5. The second kappa shape index (κ2) is 6.21. The molecule has 2 rings (SSSR count). The lowest BCUT2D eigenvalue weighted by Gasteiger charge is -2.32. The van der Waals surface area contributed by atoms with Crippen LogP contribution in [0.3, 0.4) is 0 Å². The predicted octanol–water partition coefficient (Wildman–Crippen LogP) is 2.48. The summed E-state index contributed by atoms with van der Waals surface area (Å²) in [5.74, 6) is 0.880. The minimum absolute atomic E-state index is 0.489. The van der Waals surface area contributed by atoms with E-state index in [1.54, 1.807) is 7.11 Å². The molecule has 3 heteroatoms. The normalized spacial score (nSPS) is 18.6. The largest absolute Gasteiger partial charge is 0.497 e. The van der Waals surface area contributed by atoms with Crippen molar-refractivity contribution in [2.75, 3.05) is 13.7 Å². The SMILES string of the molecule is COc1cccc(CNCC2(O)CCCCC2)c1. The minimum Gasteiger partial charge on any atom is -0.497 e. The molecule has 0 saturated heterocycles. The third-order valence-corrected chi connectivity index (χ3v) is 3.70. The lowest BCUT2D eigenvalue weighted by atomic mass is 9.85. The van der Waals surface area contributed by atoms with Gasteiger partial charge in [-0.3, -0.25) is 0 Å². The quantitative estimate of drug-likeness (QED) is 0.842. The van der Waals surface area contributed by atoms with Crippen molar-refractivity contribution in [3.63, 3.8) is 0 Å². The predicted molar refractivity (Wildman–Crippen MR) is 72.7 cm³/mol. The Morgan fingerprint density at radius 3 is 2.78 bits per heavy atom. The van der Waals surface area contributed by atoms with Gasteiger partial charge in [-0.1, -0.05) is 31.4 Å². The number of rotatable bonds is 5. The third kappa shape index (κ3) is 3.72. The van der Waals surface area contributed by atoms with Crippen LogP contribution in [0.15, 0.2) is 24.3 Å². The molecule has 1 aromatic rings. The van der Waals surface area contributed by atoms with Crippen LogP contribution in [0, 0.1) is 0 Å². The van der Waals surface area contributed by atoms with Gasteiger partial charge in [-0.15, -0.1) is 0 Å². The maximum atomic E-state index is 10.4. The van der Waals surface area contributed by atoms with Gasteiger partial charge >= 0.3 is 0 Å². The summed E-state index contributed by atoms with van der Waals surface area (Å²) in [4.78, 5) is 0. The molecule has 1 saturated carbocycles. The van der Waals surface area contributed by atoms with Crippen molar-refractivity contribution in [3.8, 4) is 5.75 Å². The Bertz CT molecular complexity index is 373. The van der Waals surface area contributed by atoms with E-state index in [9.17, 15) is 5.11 Å². The molecule has 0 bridgehead atoms. The van der Waals surface area contributed by atoms with Crippen molar-refractivity contribution in [1.29, 1.82) is 0 Å². The van der Waals surface area contributed by atoms with Gasteiger partial charge in [0.05, 0.1) is 12.7 Å². The molecule has 0 amide bonds. The monoisotopic (exact) mass is 249 g/mol. The highest BCUT2D eigenvalue weighted by Gasteiger charge is 2.28. The first-order valence-corrected chi connectivity index (χ1v) is 6.78. The highest BCUT2D eigenvalue weighted by Crippen LogP contribution is 2.27. The summed E-state index contributed by atoms with van der Waals surface area (Å²) >= 11 is 0. The lowest BCUT2D eigenvalue weighted by molar-refractivity contribution is 0.00467. The van der Waals surface area contributed by atoms with Crippen LogP contribution in [-0.4, -0.2) is 24.4 Å². The molecule has 0 aromatic heterocycles. The minimum atomic E-state index is -0.489. The molecule has 0 unspecified atom stereocenters. The van der Waals surface area contributed by atoms with Crippen molar-refractivity contribution in [1.82, 2.24) is 5.32 Å². The maximum absolute atomic E-state index is 10.4. The van der Waals surface area contributed by atoms with Crippen LogP contribution in [0.4, 0.5) is 0 Å². The van der Waals surface area contributed by atoms with Gasteiger partial charge in [0.2, 0.25) is 0 Å². The Hall–Kier alpha value is -1.06. The van der Waals surface area contributed by atoms with Gasteiger partial charge in [-0.05, 0) is 30.5 Å². The first kappa shape index (κ1) is 13.4. The molecule has 0 spiro atoms. The van der Waals surface area contributed by atoms with Gasteiger partial charge in [-0.25, -0.2) is 0 Å². The van der Waals surface area contributed by atoms with E-state index in [0.717, 1.165) is 38.0 Å². The molecular formula is C15H23NO2. The van der Waals surface area contributed by atoms with Crippen LogP contribution in [0.1, 0.15) is 37.7 Å². The van der Waals surface area contributed by atoms with Crippen LogP contribution in [-0.2, 0) is 6.54 Å². The van der Waals surface area contributed by atoms with Crippen LogP contribution < -0.4 is 10.1 Å². The fourth-order valence-corrected chi connectivity index (χ4v) is 2.61. The molecule has 0 aliphatic heterocycles. The van der Waals surface area contributed by atoms with Gasteiger partial charge < -0.3 is 15.2 Å². The molecular weight excluding hydrogens is 226 g/mol. The van der Waals surface area contributed by atoms with Crippen LogP contribution in [0.5, 0.6) is 5.75 Å². The molecule has 1 fully saturated rings.